The fraction of sp³-hybridized carbons (Fsp3) is 0.889. The van der Waals surface area contributed by atoms with Crippen LogP contribution in [0.25, 0.3) is 0 Å². The summed E-state index contributed by atoms with van der Waals surface area (Å²) in [6.07, 6.45) is 3.06. The predicted octanol–water partition coefficient (Wildman–Crippen LogP) is 0.512. The Kier molecular flexibility index (Phi) is 3.09. The first-order valence-corrected chi connectivity index (χ1v) is 4.68. The molecule has 2 N–H and O–H groups in total. The number of hydrogen-bond acceptors (Lipinski definition) is 2. The smallest absolute Gasteiger partial charge is 0.227 e. The zero-order chi connectivity index (χ0) is 9.03. The zero-order valence-electron chi connectivity index (χ0n) is 7.94. The average Bonchev–Trinajstić information content (AvgIpc) is 2.53. The molecule has 0 spiro atoms. The quantitative estimate of drug-likeness (QED) is 0.648. The second-order valence-corrected chi connectivity index (χ2v) is 3.54. The molecule has 0 aromatic rings. The maximum absolute atomic E-state index is 11.6. The van der Waals surface area contributed by atoms with Gasteiger partial charge in [-0.15, -0.1) is 0 Å². The molecule has 1 amide bonds. The topological polar surface area (TPSA) is 41.1 Å². The van der Waals surface area contributed by atoms with Crippen molar-refractivity contribution in [2.24, 2.45) is 5.41 Å². The van der Waals surface area contributed by atoms with Crippen molar-refractivity contribution in [3.8, 4) is 0 Å². The molecule has 3 heteroatoms. The zero-order valence-corrected chi connectivity index (χ0v) is 7.94. The molecule has 1 saturated heterocycles. The van der Waals surface area contributed by atoms with E-state index in [9.17, 15) is 4.79 Å². The number of amides is 1. The summed E-state index contributed by atoms with van der Waals surface area (Å²) in [4.78, 5) is 11.6. The van der Waals surface area contributed by atoms with Crippen LogP contribution in [0.2, 0.25) is 0 Å². The van der Waals surface area contributed by atoms with Gasteiger partial charge in [0.1, 0.15) is 0 Å². The van der Waals surface area contributed by atoms with Gasteiger partial charge in [-0.05, 0) is 19.4 Å². The van der Waals surface area contributed by atoms with Gasteiger partial charge < -0.3 is 10.6 Å². The lowest BCUT2D eigenvalue weighted by Crippen LogP contribution is -2.40. The average molecular weight is 170 g/mol. The van der Waals surface area contributed by atoms with Crippen LogP contribution in [0.4, 0.5) is 0 Å². The maximum atomic E-state index is 11.6. The lowest BCUT2D eigenvalue weighted by Gasteiger charge is -2.25. The molecular formula is C9H18N2O. The van der Waals surface area contributed by atoms with Crippen LogP contribution in [0.5, 0.6) is 0 Å². The summed E-state index contributed by atoms with van der Waals surface area (Å²) in [7, 11) is 1.72. The van der Waals surface area contributed by atoms with E-state index in [2.05, 4.69) is 17.6 Å². The summed E-state index contributed by atoms with van der Waals surface area (Å²) in [5.41, 5.74) is -0.108. The van der Waals surface area contributed by atoms with Crippen molar-refractivity contribution in [3.63, 3.8) is 0 Å². The van der Waals surface area contributed by atoms with Gasteiger partial charge >= 0.3 is 0 Å². The first kappa shape index (κ1) is 9.52. The van der Waals surface area contributed by atoms with Gasteiger partial charge in [0.25, 0.3) is 0 Å². The van der Waals surface area contributed by atoms with Crippen molar-refractivity contribution in [1.29, 1.82) is 0 Å². The Hall–Kier alpha value is -0.570. The van der Waals surface area contributed by atoms with E-state index < -0.39 is 0 Å². The van der Waals surface area contributed by atoms with Gasteiger partial charge in [0, 0.05) is 13.6 Å². The normalized spacial score (nSPS) is 28.8. The SMILES string of the molecule is CCCC1(C(=O)NC)CCNC1. The molecule has 1 aliphatic rings. The highest BCUT2D eigenvalue weighted by Crippen LogP contribution is 2.30. The van der Waals surface area contributed by atoms with E-state index in [0.29, 0.717) is 0 Å². The van der Waals surface area contributed by atoms with Crippen LogP contribution in [-0.2, 0) is 4.79 Å². The van der Waals surface area contributed by atoms with E-state index >= 15 is 0 Å². The van der Waals surface area contributed by atoms with E-state index in [1.165, 1.54) is 0 Å². The van der Waals surface area contributed by atoms with Crippen LogP contribution in [-0.4, -0.2) is 26.0 Å². The molecule has 1 rings (SSSR count). The minimum Gasteiger partial charge on any atom is -0.359 e. The van der Waals surface area contributed by atoms with Crippen molar-refractivity contribution in [3.05, 3.63) is 0 Å². The third-order valence-electron chi connectivity index (χ3n) is 2.68. The molecule has 1 atom stereocenters. The van der Waals surface area contributed by atoms with Crippen molar-refractivity contribution < 1.29 is 4.79 Å². The molecular weight excluding hydrogens is 152 g/mol. The second kappa shape index (κ2) is 3.90. The fourth-order valence-corrected chi connectivity index (χ4v) is 2.01. The highest BCUT2D eigenvalue weighted by molar-refractivity contribution is 5.82. The summed E-state index contributed by atoms with van der Waals surface area (Å²) in [5.74, 6) is 0.203. The van der Waals surface area contributed by atoms with E-state index in [1.54, 1.807) is 7.05 Å². The van der Waals surface area contributed by atoms with Gasteiger partial charge in [-0.2, -0.15) is 0 Å². The molecule has 3 nitrogen and oxygen atoms in total. The molecule has 0 radical (unpaired) electrons. The van der Waals surface area contributed by atoms with E-state index in [4.69, 9.17) is 0 Å². The first-order valence-electron chi connectivity index (χ1n) is 4.68. The van der Waals surface area contributed by atoms with Crippen molar-refractivity contribution in [1.82, 2.24) is 10.6 Å². The van der Waals surface area contributed by atoms with Crippen molar-refractivity contribution in [2.45, 2.75) is 26.2 Å². The maximum Gasteiger partial charge on any atom is 0.227 e. The largest absolute Gasteiger partial charge is 0.359 e. The van der Waals surface area contributed by atoms with Gasteiger partial charge in [-0.1, -0.05) is 13.3 Å². The minimum absolute atomic E-state index is 0.108. The third-order valence-corrected chi connectivity index (χ3v) is 2.68. The summed E-state index contributed by atoms with van der Waals surface area (Å²) >= 11 is 0. The Morgan fingerprint density at radius 3 is 2.83 bits per heavy atom. The number of hydrogen-bond donors (Lipinski definition) is 2. The molecule has 1 heterocycles. The lowest BCUT2D eigenvalue weighted by atomic mass is 9.81. The molecule has 1 fully saturated rings. The molecule has 0 aromatic carbocycles. The van der Waals surface area contributed by atoms with E-state index in [0.717, 1.165) is 32.4 Å². The Bertz CT molecular complexity index is 162. The predicted molar refractivity (Wildman–Crippen MR) is 48.9 cm³/mol. The summed E-state index contributed by atoms with van der Waals surface area (Å²) in [6, 6.07) is 0. The first-order chi connectivity index (χ1) is 5.75. The van der Waals surface area contributed by atoms with Gasteiger partial charge in [-0.25, -0.2) is 0 Å². The van der Waals surface area contributed by atoms with Gasteiger partial charge in [0.05, 0.1) is 5.41 Å². The summed E-state index contributed by atoms with van der Waals surface area (Å²) in [5, 5.41) is 6.01. The molecule has 0 aliphatic carbocycles. The molecule has 0 saturated carbocycles. The molecule has 0 aromatic heterocycles. The van der Waals surface area contributed by atoms with Crippen LogP contribution in [0, 0.1) is 5.41 Å². The van der Waals surface area contributed by atoms with E-state index in [-0.39, 0.29) is 11.3 Å². The molecule has 0 bridgehead atoms. The third kappa shape index (κ3) is 1.61. The molecule has 70 valence electrons. The Labute approximate surface area is 73.9 Å². The molecule has 12 heavy (non-hydrogen) atoms. The van der Waals surface area contributed by atoms with Crippen molar-refractivity contribution >= 4 is 5.91 Å². The van der Waals surface area contributed by atoms with Crippen LogP contribution < -0.4 is 10.6 Å². The van der Waals surface area contributed by atoms with Gasteiger partial charge in [-0.3, -0.25) is 4.79 Å². The Balaban J connectivity index is 2.64. The second-order valence-electron chi connectivity index (χ2n) is 3.54. The van der Waals surface area contributed by atoms with Crippen LogP contribution >= 0.6 is 0 Å². The Morgan fingerprint density at radius 1 is 1.67 bits per heavy atom. The summed E-state index contributed by atoms with van der Waals surface area (Å²) < 4.78 is 0. The molecule has 1 aliphatic heterocycles. The number of carbonyl (C=O) groups excluding carboxylic acids is 1. The minimum atomic E-state index is -0.108. The van der Waals surface area contributed by atoms with Gasteiger partial charge in [0.2, 0.25) is 5.91 Å². The number of rotatable bonds is 3. The molecule has 1 unspecified atom stereocenters. The Morgan fingerprint density at radius 2 is 2.42 bits per heavy atom. The van der Waals surface area contributed by atoms with Crippen molar-refractivity contribution in [2.75, 3.05) is 20.1 Å². The number of carbonyl (C=O) groups is 1. The highest BCUT2D eigenvalue weighted by Gasteiger charge is 2.39. The number of nitrogens with one attached hydrogen (secondary N) is 2. The van der Waals surface area contributed by atoms with E-state index in [1.807, 2.05) is 0 Å². The van der Waals surface area contributed by atoms with Crippen LogP contribution in [0.3, 0.4) is 0 Å². The van der Waals surface area contributed by atoms with Crippen LogP contribution in [0.15, 0.2) is 0 Å². The standard InChI is InChI=1S/C9H18N2O/c1-3-4-9(8(12)10-2)5-6-11-7-9/h11H,3-7H2,1-2H3,(H,10,12). The summed E-state index contributed by atoms with van der Waals surface area (Å²) in [6.45, 7) is 3.96. The lowest BCUT2D eigenvalue weighted by molar-refractivity contribution is -0.130. The monoisotopic (exact) mass is 170 g/mol. The fourth-order valence-electron chi connectivity index (χ4n) is 2.01. The van der Waals surface area contributed by atoms with Crippen LogP contribution in [0.1, 0.15) is 26.2 Å². The highest BCUT2D eigenvalue weighted by atomic mass is 16.2. The van der Waals surface area contributed by atoms with Gasteiger partial charge in [0.15, 0.2) is 0 Å².